The van der Waals surface area contributed by atoms with E-state index in [4.69, 9.17) is 4.74 Å². The van der Waals surface area contributed by atoms with E-state index < -0.39 is 0 Å². The summed E-state index contributed by atoms with van der Waals surface area (Å²) < 4.78 is 5.93. The summed E-state index contributed by atoms with van der Waals surface area (Å²) in [6.07, 6.45) is 5.95. The van der Waals surface area contributed by atoms with Gasteiger partial charge in [0, 0.05) is 18.8 Å². The van der Waals surface area contributed by atoms with Crippen molar-refractivity contribution in [3.63, 3.8) is 0 Å². The van der Waals surface area contributed by atoms with Crippen molar-refractivity contribution in [3.05, 3.63) is 30.6 Å². The predicted molar refractivity (Wildman–Crippen MR) is 96.9 cm³/mol. The maximum Gasteiger partial charge on any atom is 0.255 e. The lowest BCUT2D eigenvalue weighted by Crippen LogP contribution is -2.43. The Morgan fingerprint density at radius 3 is 3.04 bits per heavy atom. The third-order valence-corrected chi connectivity index (χ3v) is 4.17. The van der Waals surface area contributed by atoms with E-state index in [1.165, 1.54) is 12.3 Å². The molecule has 8 nitrogen and oxygen atoms in total. The monoisotopic (exact) mass is 357 g/mol. The van der Waals surface area contributed by atoms with Crippen LogP contribution in [-0.4, -0.2) is 56.9 Å². The number of likely N-dealkylation sites (tertiary alicyclic amines) is 1. The fourth-order valence-electron chi connectivity index (χ4n) is 2.98. The second-order valence-corrected chi connectivity index (χ2v) is 6.61. The number of nitrogens with one attached hydrogen (secondary N) is 2. The largest absolute Gasteiger partial charge is 0.471 e. The summed E-state index contributed by atoms with van der Waals surface area (Å²) in [4.78, 5) is 37.5. The fraction of sp³-hybridized carbons (Fsp3) is 0.444. The molecule has 8 heteroatoms. The molecular weight excluding hydrogens is 334 g/mol. The molecule has 2 aromatic rings. The molecular formula is C18H23N5O3. The summed E-state index contributed by atoms with van der Waals surface area (Å²) in [6, 6.07) is 0.0236. The van der Waals surface area contributed by atoms with Crippen LogP contribution in [0.5, 0.6) is 5.88 Å². The van der Waals surface area contributed by atoms with Gasteiger partial charge in [-0.2, -0.15) is 0 Å². The van der Waals surface area contributed by atoms with Crippen molar-refractivity contribution >= 4 is 23.0 Å². The summed E-state index contributed by atoms with van der Waals surface area (Å²) in [5, 5.41) is 2.84. The van der Waals surface area contributed by atoms with Crippen molar-refractivity contribution in [2.24, 2.45) is 0 Å². The molecule has 0 spiro atoms. The molecule has 2 aromatic heterocycles. The summed E-state index contributed by atoms with van der Waals surface area (Å²) in [5.41, 5.74) is 1.42. The zero-order valence-electron chi connectivity index (χ0n) is 15.0. The number of carbonyl (C=O) groups is 2. The molecule has 2 N–H and O–H groups in total. The van der Waals surface area contributed by atoms with Crippen LogP contribution in [0.2, 0.25) is 0 Å². The number of aromatic amines is 1. The number of piperidine rings is 1. The lowest BCUT2D eigenvalue weighted by atomic mass is 10.1. The van der Waals surface area contributed by atoms with E-state index in [1.807, 2.05) is 13.8 Å². The minimum absolute atomic E-state index is 0.0236. The molecule has 1 aliphatic heterocycles. The van der Waals surface area contributed by atoms with Crippen LogP contribution in [0.1, 0.15) is 37.0 Å². The van der Waals surface area contributed by atoms with Crippen LogP contribution in [-0.2, 0) is 4.79 Å². The van der Waals surface area contributed by atoms with Gasteiger partial charge in [0.25, 0.3) is 5.91 Å². The summed E-state index contributed by atoms with van der Waals surface area (Å²) in [6.45, 7) is 8.50. The number of fused-ring (bicyclic) bond motifs is 1. The highest BCUT2D eigenvalue weighted by molar-refractivity contribution is 6.04. The number of carbonyl (C=O) groups excluding carboxylic acids is 2. The molecule has 138 valence electrons. The first kappa shape index (κ1) is 17.9. The smallest absolute Gasteiger partial charge is 0.255 e. The van der Waals surface area contributed by atoms with Gasteiger partial charge in [-0.1, -0.05) is 6.58 Å². The molecule has 1 saturated heterocycles. The Kier molecular flexibility index (Phi) is 5.20. The Labute approximate surface area is 151 Å². The lowest BCUT2D eigenvalue weighted by molar-refractivity contribution is -0.128. The highest BCUT2D eigenvalue weighted by Gasteiger charge is 2.24. The maximum atomic E-state index is 12.3. The molecule has 3 heterocycles. The molecule has 0 saturated carbocycles. The molecule has 1 atom stereocenters. The fourth-order valence-corrected chi connectivity index (χ4v) is 2.98. The van der Waals surface area contributed by atoms with Crippen molar-refractivity contribution in [3.8, 4) is 5.88 Å². The van der Waals surface area contributed by atoms with Gasteiger partial charge in [-0.05, 0) is 32.8 Å². The number of hydrogen-bond donors (Lipinski definition) is 2. The number of H-pyrrole nitrogens is 1. The third kappa shape index (κ3) is 3.84. The molecule has 3 rings (SSSR count). The van der Waals surface area contributed by atoms with Gasteiger partial charge in [0.2, 0.25) is 11.8 Å². The van der Waals surface area contributed by atoms with Gasteiger partial charge in [-0.3, -0.25) is 9.59 Å². The van der Waals surface area contributed by atoms with E-state index in [-0.39, 0.29) is 24.0 Å². The van der Waals surface area contributed by atoms with E-state index in [9.17, 15) is 9.59 Å². The molecule has 2 amide bonds. The molecule has 0 bridgehead atoms. The van der Waals surface area contributed by atoms with Gasteiger partial charge in [-0.25, -0.2) is 9.97 Å². The van der Waals surface area contributed by atoms with E-state index in [2.05, 4.69) is 26.8 Å². The Balaban J connectivity index is 1.77. The molecule has 1 fully saturated rings. The third-order valence-electron chi connectivity index (χ3n) is 4.17. The minimum Gasteiger partial charge on any atom is -0.471 e. The van der Waals surface area contributed by atoms with Gasteiger partial charge < -0.3 is 19.9 Å². The van der Waals surface area contributed by atoms with Gasteiger partial charge in [0.15, 0.2) is 5.65 Å². The number of aromatic nitrogens is 3. The van der Waals surface area contributed by atoms with Crippen molar-refractivity contribution in [1.29, 1.82) is 0 Å². The van der Waals surface area contributed by atoms with Crippen LogP contribution in [0.4, 0.5) is 0 Å². The molecule has 1 unspecified atom stereocenters. The first-order valence-electron chi connectivity index (χ1n) is 8.71. The molecule has 0 radical (unpaired) electrons. The highest BCUT2D eigenvalue weighted by atomic mass is 16.5. The van der Waals surface area contributed by atoms with Gasteiger partial charge in [-0.15, -0.1) is 0 Å². The molecule has 1 aliphatic rings. The first-order valence-corrected chi connectivity index (χ1v) is 8.71. The second-order valence-electron chi connectivity index (χ2n) is 6.61. The number of amides is 2. The van der Waals surface area contributed by atoms with E-state index in [1.54, 1.807) is 11.1 Å². The predicted octanol–water partition coefficient (Wildman–Crippen LogP) is 1.65. The Morgan fingerprint density at radius 1 is 1.50 bits per heavy atom. The number of ether oxygens (including phenoxy) is 1. The van der Waals surface area contributed by atoms with E-state index >= 15 is 0 Å². The molecule has 0 aliphatic carbocycles. The number of nitrogens with zero attached hydrogens (tertiary/aromatic N) is 3. The SMILES string of the molecule is C=CC(=O)N1CCCC(Oc2cnc3[nH]cc(C(=O)NC(C)C)c3n2)C1. The van der Waals surface area contributed by atoms with Gasteiger partial charge in [0.1, 0.15) is 11.6 Å². The van der Waals surface area contributed by atoms with Crippen LogP contribution in [0.25, 0.3) is 11.2 Å². The average molecular weight is 357 g/mol. The maximum absolute atomic E-state index is 12.3. The zero-order valence-corrected chi connectivity index (χ0v) is 15.0. The van der Waals surface area contributed by atoms with Crippen LogP contribution < -0.4 is 10.1 Å². The van der Waals surface area contributed by atoms with Gasteiger partial charge in [0.05, 0.1) is 18.3 Å². The molecule has 26 heavy (non-hydrogen) atoms. The summed E-state index contributed by atoms with van der Waals surface area (Å²) in [5.74, 6) is 0.0323. The first-order chi connectivity index (χ1) is 12.5. The van der Waals surface area contributed by atoms with Crippen LogP contribution in [0.3, 0.4) is 0 Å². The molecule has 0 aromatic carbocycles. The van der Waals surface area contributed by atoms with Crippen LogP contribution >= 0.6 is 0 Å². The van der Waals surface area contributed by atoms with Crippen molar-refractivity contribution in [2.45, 2.75) is 38.8 Å². The van der Waals surface area contributed by atoms with Crippen molar-refractivity contribution in [1.82, 2.24) is 25.2 Å². The number of hydrogen-bond acceptors (Lipinski definition) is 5. The normalized spacial score (nSPS) is 17.3. The lowest BCUT2D eigenvalue weighted by Gasteiger charge is -2.31. The Bertz CT molecular complexity index is 829. The van der Waals surface area contributed by atoms with E-state index in [0.717, 1.165) is 12.8 Å². The summed E-state index contributed by atoms with van der Waals surface area (Å²) >= 11 is 0. The van der Waals surface area contributed by atoms with Crippen molar-refractivity contribution < 1.29 is 14.3 Å². The average Bonchev–Trinajstić information content (AvgIpc) is 3.04. The zero-order chi connectivity index (χ0) is 18.7. The standard InChI is InChI=1S/C18H23N5O3/c1-4-15(24)23-7-5-6-12(10-23)26-14-9-20-17-16(22-14)13(8-19-17)18(25)21-11(2)3/h4,8-9,11-12H,1,5-7,10H2,2-3H3,(H,19,20)(H,21,25). The topological polar surface area (TPSA) is 100 Å². The second kappa shape index (κ2) is 7.55. The van der Waals surface area contributed by atoms with Crippen molar-refractivity contribution in [2.75, 3.05) is 13.1 Å². The summed E-state index contributed by atoms with van der Waals surface area (Å²) in [7, 11) is 0. The van der Waals surface area contributed by atoms with E-state index in [0.29, 0.717) is 35.7 Å². The number of rotatable bonds is 5. The van der Waals surface area contributed by atoms with Crippen LogP contribution in [0.15, 0.2) is 25.0 Å². The van der Waals surface area contributed by atoms with Crippen LogP contribution in [0, 0.1) is 0 Å². The Hall–Kier alpha value is -2.90. The highest BCUT2D eigenvalue weighted by Crippen LogP contribution is 2.21. The minimum atomic E-state index is -0.210. The quantitative estimate of drug-likeness (QED) is 0.793. The van der Waals surface area contributed by atoms with Gasteiger partial charge >= 0.3 is 0 Å². The Morgan fingerprint density at radius 2 is 2.31 bits per heavy atom.